The van der Waals surface area contributed by atoms with Crippen LogP contribution in [-0.4, -0.2) is 39.4 Å². The lowest BCUT2D eigenvalue weighted by atomic mass is 10.1. The highest BCUT2D eigenvalue weighted by atomic mass is 32.2. The fraction of sp³-hybridized carbons (Fsp3) is 0.350. The number of anilines is 1. The van der Waals surface area contributed by atoms with E-state index in [1.807, 2.05) is 6.92 Å². The van der Waals surface area contributed by atoms with E-state index in [9.17, 15) is 22.8 Å². The van der Waals surface area contributed by atoms with Gasteiger partial charge in [-0.1, -0.05) is 6.07 Å². The summed E-state index contributed by atoms with van der Waals surface area (Å²) in [6, 6.07) is 4.62. The van der Waals surface area contributed by atoms with Gasteiger partial charge in [0.15, 0.2) is 6.61 Å². The van der Waals surface area contributed by atoms with Crippen LogP contribution < -0.4 is 15.8 Å². The van der Waals surface area contributed by atoms with Gasteiger partial charge in [-0.15, -0.1) is 11.3 Å². The van der Waals surface area contributed by atoms with Crippen molar-refractivity contribution in [2.45, 2.75) is 38.0 Å². The van der Waals surface area contributed by atoms with Crippen LogP contribution >= 0.6 is 11.3 Å². The van der Waals surface area contributed by atoms with Crippen LogP contribution in [0.15, 0.2) is 23.1 Å². The van der Waals surface area contributed by atoms with Crippen molar-refractivity contribution < 1.29 is 27.5 Å². The Morgan fingerprint density at radius 3 is 2.58 bits per heavy atom. The van der Waals surface area contributed by atoms with Crippen molar-refractivity contribution in [1.29, 1.82) is 0 Å². The number of amides is 2. The molecule has 1 heterocycles. The number of nitrogens with two attached hydrogens (primary N) is 1. The number of carbonyl (C=O) groups excluding carboxylic acids is 3. The van der Waals surface area contributed by atoms with Gasteiger partial charge in [0.1, 0.15) is 11.5 Å². The first kappa shape index (κ1) is 22.9. The number of hydrogen-bond acceptors (Lipinski definition) is 7. The zero-order chi connectivity index (χ0) is 22.8. The Morgan fingerprint density at radius 2 is 1.90 bits per heavy atom. The van der Waals surface area contributed by atoms with Crippen LogP contribution in [0.2, 0.25) is 0 Å². The van der Waals surface area contributed by atoms with E-state index in [4.69, 9.17) is 10.5 Å². The number of fused-ring (bicyclic) bond motifs is 1. The predicted molar refractivity (Wildman–Crippen MR) is 116 cm³/mol. The Kier molecular flexibility index (Phi) is 6.77. The van der Waals surface area contributed by atoms with Gasteiger partial charge in [-0.25, -0.2) is 8.42 Å². The summed E-state index contributed by atoms with van der Waals surface area (Å²) in [5.41, 5.74) is 8.36. The average Bonchev–Trinajstić information content (AvgIpc) is 3.27. The Balaban J connectivity index is 1.52. The second-order valence-corrected chi connectivity index (χ2v) is 10.1. The number of rotatable bonds is 8. The van der Waals surface area contributed by atoms with Crippen LogP contribution in [0.5, 0.6) is 0 Å². The number of thiophene rings is 1. The van der Waals surface area contributed by atoms with Gasteiger partial charge in [0.05, 0.1) is 10.5 Å². The van der Waals surface area contributed by atoms with E-state index in [2.05, 4.69) is 10.0 Å². The van der Waals surface area contributed by atoms with E-state index in [1.165, 1.54) is 23.5 Å². The molecule has 3 rings (SSSR count). The third-order valence-corrected chi connectivity index (χ3v) is 7.59. The molecule has 4 N–H and O–H groups in total. The van der Waals surface area contributed by atoms with Gasteiger partial charge >= 0.3 is 5.97 Å². The maximum absolute atomic E-state index is 12.3. The maximum atomic E-state index is 12.3. The van der Waals surface area contributed by atoms with Crippen molar-refractivity contribution in [3.05, 3.63) is 45.3 Å². The standard InChI is InChI=1S/C20H23N3O6S2/c1-11-6-7-13(8-12(11)2)31(27,28)22-9-17(25)29-10-16(24)23-20-18(19(21)26)14-4-3-5-15(14)30-20/h6-8,22H,3-5,9-10H2,1-2H3,(H2,21,26)(H,23,24). The number of sulfonamides is 1. The summed E-state index contributed by atoms with van der Waals surface area (Å²) in [4.78, 5) is 36.8. The highest BCUT2D eigenvalue weighted by Crippen LogP contribution is 2.38. The quantitative estimate of drug-likeness (QED) is 0.503. The molecule has 0 aliphatic heterocycles. The van der Waals surface area contributed by atoms with Crippen LogP contribution in [0.1, 0.15) is 38.3 Å². The van der Waals surface area contributed by atoms with Crippen LogP contribution in [-0.2, 0) is 37.2 Å². The molecule has 0 unspecified atom stereocenters. The second-order valence-electron chi connectivity index (χ2n) is 7.21. The third-order valence-electron chi connectivity index (χ3n) is 4.98. The Labute approximate surface area is 184 Å². The maximum Gasteiger partial charge on any atom is 0.321 e. The van der Waals surface area contributed by atoms with Crippen molar-refractivity contribution in [1.82, 2.24) is 4.72 Å². The first-order valence-corrected chi connectivity index (χ1v) is 11.8. The summed E-state index contributed by atoms with van der Waals surface area (Å²) < 4.78 is 31.6. The smallest absolute Gasteiger partial charge is 0.321 e. The van der Waals surface area contributed by atoms with Crippen LogP contribution in [0.25, 0.3) is 0 Å². The van der Waals surface area contributed by atoms with E-state index in [0.29, 0.717) is 10.6 Å². The third kappa shape index (κ3) is 5.30. The van der Waals surface area contributed by atoms with E-state index >= 15 is 0 Å². The average molecular weight is 466 g/mol. The number of primary amides is 1. The first-order chi connectivity index (χ1) is 14.6. The van der Waals surface area contributed by atoms with Crippen molar-refractivity contribution >= 4 is 44.1 Å². The lowest BCUT2D eigenvalue weighted by Crippen LogP contribution is -2.32. The van der Waals surface area contributed by atoms with Crippen molar-refractivity contribution in [3.8, 4) is 0 Å². The van der Waals surface area contributed by atoms with Gasteiger partial charge in [-0.2, -0.15) is 4.72 Å². The molecular weight excluding hydrogens is 442 g/mol. The molecule has 1 aromatic heterocycles. The molecule has 2 amide bonds. The van der Waals surface area contributed by atoms with Crippen LogP contribution in [0, 0.1) is 13.8 Å². The lowest BCUT2D eigenvalue weighted by Gasteiger charge is -2.09. The van der Waals surface area contributed by atoms with Crippen molar-refractivity contribution in [2.75, 3.05) is 18.5 Å². The molecule has 0 fully saturated rings. The predicted octanol–water partition coefficient (Wildman–Crippen LogP) is 1.41. The lowest BCUT2D eigenvalue weighted by molar-refractivity contribution is -0.146. The number of ether oxygens (including phenoxy) is 1. The molecule has 0 radical (unpaired) electrons. The molecule has 0 bridgehead atoms. The fourth-order valence-corrected chi connectivity index (χ4v) is 5.60. The van der Waals surface area contributed by atoms with E-state index in [1.54, 1.807) is 13.0 Å². The van der Waals surface area contributed by atoms with Crippen molar-refractivity contribution in [2.24, 2.45) is 5.73 Å². The molecule has 9 nitrogen and oxygen atoms in total. The highest BCUT2D eigenvalue weighted by molar-refractivity contribution is 7.89. The SMILES string of the molecule is Cc1ccc(S(=O)(=O)NCC(=O)OCC(=O)Nc2sc3c(c2C(N)=O)CCC3)cc1C. The van der Waals surface area contributed by atoms with Gasteiger partial charge in [0.2, 0.25) is 10.0 Å². The normalized spacial score (nSPS) is 13.0. The van der Waals surface area contributed by atoms with E-state index in [0.717, 1.165) is 40.8 Å². The molecule has 1 aliphatic carbocycles. The summed E-state index contributed by atoms with van der Waals surface area (Å²) in [7, 11) is -3.90. The Morgan fingerprint density at radius 1 is 1.16 bits per heavy atom. The van der Waals surface area contributed by atoms with E-state index in [-0.39, 0.29) is 4.90 Å². The number of aryl methyl sites for hydroxylation is 3. The monoisotopic (exact) mass is 465 g/mol. The summed E-state index contributed by atoms with van der Waals surface area (Å²) >= 11 is 1.29. The molecule has 1 aliphatic rings. The molecule has 1 aromatic carbocycles. The van der Waals surface area contributed by atoms with Gasteiger partial charge in [-0.05, 0) is 61.9 Å². The summed E-state index contributed by atoms with van der Waals surface area (Å²) in [6.45, 7) is 2.40. The van der Waals surface area contributed by atoms with Crippen LogP contribution in [0.4, 0.5) is 5.00 Å². The van der Waals surface area contributed by atoms with Gasteiger partial charge in [0, 0.05) is 4.88 Å². The highest BCUT2D eigenvalue weighted by Gasteiger charge is 2.26. The Bertz CT molecular complexity index is 1150. The zero-order valence-corrected chi connectivity index (χ0v) is 18.7. The summed E-state index contributed by atoms with van der Waals surface area (Å²) in [5.74, 6) is -2.17. The van der Waals surface area contributed by atoms with Gasteiger partial charge in [0.25, 0.3) is 11.8 Å². The van der Waals surface area contributed by atoms with Gasteiger partial charge in [-0.3, -0.25) is 14.4 Å². The molecule has 0 spiro atoms. The molecule has 2 aromatic rings. The Hall–Kier alpha value is -2.76. The minimum atomic E-state index is -3.90. The van der Waals surface area contributed by atoms with Crippen LogP contribution in [0.3, 0.4) is 0 Å². The molecule has 166 valence electrons. The van der Waals surface area contributed by atoms with Gasteiger partial charge < -0.3 is 15.8 Å². The topological polar surface area (TPSA) is 145 Å². The molecule has 11 heteroatoms. The molecule has 0 atom stereocenters. The fourth-order valence-electron chi connectivity index (χ4n) is 3.23. The summed E-state index contributed by atoms with van der Waals surface area (Å²) in [5, 5.41) is 2.89. The first-order valence-electron chi connectivity index (χ1n) is 9.55. The molecule has 0 saturated carbocycles. The minimum absolute atomic E-state index is 0.0332. The number of hydrogen-bond donors (Lipinski definition) is 3. The molecule has 0 saturated heterocycles. The minimum Gasteiger partial charge on any atom is -0.455 e. The number of benzene rings is 1. The summed E-state index contributed by atoms with van der Waals surface area (Å²) in [6.07, 6.45) is 2.49. The van der Waals surface area contributed by atoms with Crippen molar-refractivity contribution in [3.63, 3.8) is 0 Å². The molecular formula is C20H23N3O6S2. The number of esters is 1. The molecule has 31 heavy (non-hydrogen) atoms. The number of nitrogens with one attached hydrogen (secondary N) is 2. The second kappa shape index (κ2) is 9.16. The largest absolute Gasteiger partial charge is 0.455 e. The zero-order valence-electron chi connectivity index (χ0n) is 17.1. The van der Waals surface area contributed by atoms with E-state index < -0.39 is 41.0 Å². The number of carbonyl (C=O) groups is 3.